The average molecular weight is 460 g/mol. The molecule has 0 aliphatic rings. The number of methoxy groups -OCH3 is 1. The fraction of sp³-hybridized carbons (Fsp3) is 0.294. The molecule has 11 heteroatoms. The minimum absolute atomic E-state index is 0.0247. The number of ketones is 1. The first kappa shape index (κ1) is 22.5. The van der Waals surface area contributed by atoms with Crippen LogP contribution < -0.4 is 0 Å². The van der Waals surface area contributed by atoms with Crippen LogP contribution in [0.25, 0.3) is 0 Å². The zero-order valence-electron chi connectivity index (χ0n) is 14.3. The molecule has 0 radical (unpaired) electrons. The van der Waals surface area contributed by atoms with Gasteiger partial charge in [0.05, 0.1) is 28.6 Å². The Morgan fingerprint density at radius 1 is 1.14 bits per heavy atom. The molecule has 1 aromatic carbocycles. The number of esters is 1. The van der Waals surface area contributed by atoms with Gasteiger partial charge in [-0.2, -0.15) is 13.2 Å². The van der Waals surface area contributed by atoms with Gasteiger partial charge in [0, 0.05) is 6.07 Å². The quantitative estimate of drug-likeness (QED) is 0.370. The number of rotatable bonds is 5. The summed E-state index contributed by atoms with van der Waals surface area (Å²) in [6.07, 6.45) is -6.71. The van der Waals surface area contributed by atoms with Gasteiger partial charge in [-0.05, 0) is 24.6 Å². The Hall–Kier alpha value is -1.74. The maximum Gasteiger partial charge on any atom is 0.421 e. The largest absolute Gasteiger partial charge is 0.465 e. The molecule has 1 aromatic heterocycles. The van der Waals surface area contributed by atoms with E-state index < -0.39 is 41.3 Å². The monoisotopic (exact) mass is 458 g/mol. The van der Waals surface area contributed by atoms with Crippen molar-refractivity contribution in [3.05, 3.63) is 55.9 Å². The second-order valence-corrected chi connectivity index (χ2v) is 6.98. The van der Waals surface area contributed by atoms with Gasteiger partial charge >= 0.3 is 12.1 Å². The second-order valence-electron chi connectivity index (χ2n) is 5.78. The standard InChI is InChI=1S/C17H12Cl3F3O5/c1-7-9(15(25)27-2)5-13(28-7)12(24)6-16(26,17(21,22)23)8-3-10(18)14(20)11(19)4-8/h3-5,26H,6H2,1-2H3/t16-/m1/s1. The number of Topliss-reactive ketones (excluding diaryl/α,β-unsaturated/α-hetero) is 1. The predicted octanol–water partition coefficient (Wildman–Crippen LogP) is 5.36. The molecule has 0 bridgehead atoms. The van der Waals surface area contributed by atoms with Crippen molar-refractivity contribution in [1.29, 1.82) is 0 Å². The molecular weight excluding hydrogens is 448 g/mol. The molecular formula is C17H12Cl3F3O5. The van der Waals surface area contributed by atoms with Crippen LogP contribution in [0.5, 0.6) is 0 Å². The number of carbonyl (C=O) groups is 2. The summed E-state index contributed by atoms with van der Waals surface area (Å²) in [6.45, 7) is 1.33. The van der Waals surface area contributed by atoms with Crippen LogP contribution in [-0.2, 0) is 10.3 Å². The van der Waals surface area contributed by atoms with E-state index in [9.17, 15) is 27.9 Å². The van der Waals surface area contributed by atoms with Gasteiger partial charge in [0.2, 0.25) is 5.78 Å². The van der Waals surface area contributed by atoms with Crippen molar-refractivity contribution < 1.29 is 37.0 Å². The van der Waals surface area contributed by atoms with Crippen molar-refractivity contribution in [2.45, 2.75) is 25.1 Å². The normalized spacial score (nSPS) is 13.9. The van der Waals surface area contributed by atoms with Crippen molar-refractivity contribution >= 4 is 46.6 Å². The van der Waals surface area contributed by atoms with Gasteiger partial charge < -0.3 is 14.3 Å². The van der Waals surface area contributed by atoms with Gasteiger partial charge in [0.25, 0.3) is 0 Å². The van der Waals surface area contributed by atoms with Crippen LogP contribution in [0.4, 0.5) is 13.2 Å². The van der Waals surface area contributed by atoms with E-state index in [1.54, 1.807) is 0 Å². The lowest BCUT2D eigenvalue weighted by molar-refractivity contribution is -0.264. The van der Waals surface area contributed by atoms with Crippen LogP contribution in [0.1, 0.15) is 38.7 Å². The lowest BCUT2D eigenvalue weighted by Crippen LogP contribution is -2.44. The molecule has 1 N–H and O–H groups in total. The van der Waals surface area contributed by atoms with Crippen LogP contribution in [0.3, 0.4) is 0 Å². The Labute approximate surface area is 171 Å². The average Bonchev–Trinajstić information content (AvgIpc) is 2.99. The Balaban J connectivity index is 2.48. The van der Waals surface area contributed by atoms with Crippen LogP contribution in [-0.4, -0.2) is 30.1 Å². The van der Waals surface area contributed by atoms with E-state index >= 15 is 0 Å². The summed E-state index contributed by atoms with van der Waals surface area (Å²) in [4.78, 5) is 24.0. The Morgan fingerprint density at radius 3 is 2.14 bits per heavy atom. The van der Waals surface area contributed by atoms with E-state index in [-0.39, 0.29) is 26.4 Å². The number of benzene rings is 1. The third-order valence-electron chi connectivity index (χ3n) is 3.94. The lowest BCUT2D eigenvalue weighted by Gasteiger charge is -2.30. The number of halogens is 6. The van der Waals surface area contributed by atoms with E-state index in [1.165, 1.54) is 6.92 Å². The molecule has 1 heterocycles. The SMILES string of the molecule is COC(=O)c1cc(C(=O)C[C@@](O)(c2cc(Cl)c(Cl)c(Cl)c2)C(F)(F)F)oc1C. The molecule has 0 aliphatic heterocycles. The Kier molecular flexibility index (Phi) is 6.40. The summed E-state index contributed by atoms with van der Waals surface area (Å²) >= 11 is 17.2. The summed E-state index contributed by atoms with van der Waals surface area (Å²) in [7, 11) is 1.09. The Morgan fingerprint density at radius 2 is 1.68 bits per heavy atom. The molecule has 152 valence electrons. The van der Waals surface area contributed by atoms with Crippen LogP contribution in [0.15, 0.2) is 22.6 Å². The molecule has 2 rings (SSSR count). The molecule has 5 nitrogen and oxygen atoms in total. The highest BCUT2D eigenvalue weighted by Crippen LogP contribution is 2.45. The van der Waals surface area contributed by atoms with Crippen molar-refractivity contribution in [3.63, 3.8) is 0 Å². The highest BCUT2D eigenvalue weighted by atomic mass is 35.5. The van der Waals surface area contributed by atoms with Gasteiger partial charge in [-0.1, -0.05) is 34.8 Å². The van der Waals surface area contributed by atoms with Gasteiger partial charge in [-0.3, -0.25) is 4.79 Å². The van der Waals surface area contributed by atoms with Crippen molar-refractivity contribution in [2.24, 2.45) is 0 Å². The zero-order valence-corrected chi connectivity index (χ0v) is 16.6. The number of furan rings is 1. The number of aryl methyl sites for hydroxylation is 1. The molecule has 0 aliphatic carbocycles. The van der Waals surface area contributed by atoms with Crippen LogP contribution in [0, 0.1) is 6.92 Å². The third kappa shape index (κ3) is 4.15. The van der Waals surface area contributed by atoms with Crippen molar-refractivity contribution in [2.75, 3.05) is 7.11 Å². The third-order valence-corrected chi connectivity index (χ3v) is 5.14. The number of carbonyl (C=O) groups excluding carboxylic acids is 2. The number of alkyl halides is 3. The predicted molar refractivity (Wildman–Crippen MR) is 95.2 cm³/mol. The second kappa shape index (κ2) is 7.94. The zero-order chi connectivity index (χ0) is 21.4. The molecule has 2 aromatic rings. The van der Waals surface area contributed by atoms with Gasteiger partial charge in [-0.15, -0.1) is 0 Å². The van der Waals surface area contributed by atoms with E-state index in [0.717, 1.165) is 25.3 Å². The number of hydrogen-bond donors (Lipinski definition) is 1. The number of aliphatic hydroxyl groups is 1. The summed E-state index contributed by atoms with van der Waals surface area (Å²) in [6, 6.07) is 2.48. The van der Waals surface area contributed by atoms with Crippen LogP contribution in [0.2, 0.25) is 15.1 Å². The molecule has 0 saturated heterocycles. The molecule has 0 saturated carbocycles. The summed E-state index contributed by atoms with van der Waals surface area (Å²) in [5.74, 6) is -2.61. The smallest absolute Gasteiger partial charge is 0.421 e. The molecule has 0 amide bonds. The molecule has 0 spiro atoms. The molecule has 1 atom stereocenters. The van der Waals surface area contributed by atoms with E-state index in [2.05, 4.69) is 4.74 Å². The van der Waals surface area contributed by atoms with Gasteiger partial charge in [-0.25, -0.2) is 4.79 Å². The summed E-state index contributed by atoms with van der Waals surface area (Å²) in [5.41, 5.74) is -4.53. The molecule has 0 fully saturated rings. The first-order chi connectivity index (χ1) is 12.8. The summed E-state index contributed by atoms with van der Waals surface area (Å²) in [5, 5.41) is 9.52. The molecule has 0 unspecified atom stereocenters. The number of hydrogen-bond acceptors (Lipinski definition) is 5. The van der Waals surface area contributed by atoms with Gasteiger partial charge in [0.15, 0.2) is 11.4 Å². The Bertz CT molecular complexity index is 916. The van der Waals surface area contributed by atoms with E-state index in [4.69, 9.17) is 39.2 Å². The highest BCUT2D eigenvalue weighted by Gasteiger charge is 2.56. The maximum atomic E-state index is 13.7. The van der Waals surface area contributed by atoms with Crippen molar-refractivity contribution in [3.8, 4) is 0 Å². The molecule has 28 heavy (non-hydrogen) atoms. The summed E-state index contributed by atoms with van der Waals surface area (Å²) < 4.78 is 50.6. The first-order valence-corrected chi connectivity index (χ1v) is 8.61. The van der Waals surface area contributed by atoms with E-state index in [0.29, 0.717) is 0 Å². The highest BCUT2D eigenvalue weighted by molar-refractivity contribution is 6.48. The van der Waals surface area contributed by atoms with Gasteiger partial charge in [0.1, 0.15) is 11.3 Å². The van der Waals surface area contributed by atoms with Crippen LogP contribution >= 0.6 is 34.8 Å². The van der Waals surface area contributed by atoms with Crippen molar-refractivity contribution in [1.82, 2.24) is 0 Å². The van der Waals surface area contributed by atoms with E-state index in [1.807, 2.05) is 0 Å². The minimum atomic E-state index is -5.27. The number of ether oxygens (including phenoxy) is 1. The first-order valence-electron chi connectivity index (χ1n) is 7.48. The maximum absolute atomic E-state index is 13.7. The topological polar surface area (TPSA) is 76.7 Å². The lowest BCUT2D eigenvalue weighted by atomic mass is 9.87. The fourth-order valence-corrected chi connectivity index (χ4v) is 3.01. The minimum Gasteiger partial charge on any atom is -0.465 e. The fourth-order valence-electron chi connectivity index (χ4n) is 2.41.